The average molecular weight is 781 g/mol. The summed E-state index contributed by atoms with van der Waals surface area (Å²) in [6.07, 6.45) is -8.27. The van der Waals surface area contributed by atoms with Gasteiger partial charge in [-0.3, -0.25) is 24.5 Å². The Hall–Kier alpha value is -6.38. The SMILES string of the molecule is CC1C(=O)N(c2ccc(OC(F)(F)F)cc2)C(=O)N1Cc1ccnc(NS(=O)(=O)c2ccccc2)c1.O=C1CN(c2ccc(OC(F)(F)F)cc2)C(=O)N1. The van der Waals surface area contributed by atoms with E-state index in [2.05, 4.69) is 24.5 Å². The van der Waals surface area contributed by atoms with Gasteiger partial charge >= 0.3 is 24.8 Å². The molecule has 6 rings (SSSR count). The van der Waals surface area contributed by atoms with Crippen molar-refractivity contribution >= 4 is 51.1 Å². The highest BCUT2D eigenvalue weighted by Crippen LogP contribution is 2.31. The number of carbonyl (C=O) groups is 4. The quantitative estimate of drug-likeness (QED) is 0.158. The topological polar surface area (TPSA) is 168 Å². The maximum atomic E-state index is 13.0. The Bertz CT molecular complexity index is 2140. The van der Waals surface area contributed by atoms with E-state index in [-0.39, 0.29) is 29.5 Å². The van der Waals surface area contributed by atoms with E-state index in [1.807, 2.05) is 0 Å². The van der Waals surface area contributed by atoms with Gasteiger partial charge in [0.1, 0.15) is 29.9 Å². The number of rotatable bonds is 9. The Kier molecular flexibility index (Phi) is 11.0. The lowest BCUT2D eigenvalue weighted by molar-refractivity contribution is -0.275. The summed E-state index contributed by atoms with van der Waals surface area (Å²) in [6, 6.07) is 17.6. The number of nitrogens with zero attached hydrogens (tertiary/aromatic N) is 4. The molecule has 54 heavy (non-hydrogen) atoms. The highest BCUT2D eigenvalue weighted by molar-refractivity contribution is 7.92. The number of hydrogen-bond acceptors (Lipinski definition) is 9. The zero-order chi connectivity index (χ0) is 39.4. The summed E-state index contributed by atoms with van der Waals surface area (Å²) in [7, 11) is -3.88. The van der Waals surface area contributed by atoms with Crippen molar-refractivity contribution in [3.63, 3.8) is 0 Å². The number of amides is 6. The lowest BCUT2D eigenvalue weighted by Gasteiger charge is -2.20. The van der Waals surface area contributed by atoms with Crippen molar-refractivity contribution in [1.29, 1.82) is 0 Å². The lowest BCUT2D eigenvalue weighted by Crippen LogP contribution is -2.33. The van der Waals surface area contributed by atoms with Gasteiger partial charge in [-0.25, -0.2) is 27.9 Å². The number of nitrogens with one attached hydrogen (secondary N) is 2. The lowest BCUT2D eigenvalue weighted by atomic mass is 10.2. The molecule has 0 aliphatic carbocycles. The first-order chi connectivity index (χ1) is 25.3. The van der Waals surface area contributed by atoms with Gasteiger partial charge in [-0.2, -0.15) is 0 Å². The van der Waals surface area contributed by atoms with E-state index < -0.39 is 64.2 Å². The second-order valence-corrected chi connectivity index (χ2v) is 12.9. The minimum Gasteiger partial charge on any atom is -0.406 e. The minimum atomic E-state index is -4.87. The Morgan fingerprint density at radius 2 is 1.37 bits per heavy atom. The van der Waals surface area contributed by atoms with Crippen LogP contribution >= 0.6 is 0 Å². The van der Waals surface area contributed by atoms with Crippen molar-refractivity contribution in [2.24, 2.45) is 0 Å². The molecule has 1 aromatic heterocycles. The van der Waals surface area contributed by atoms with Crippen LogP contribution in [0.25, 0.3) is 0 Å². The number of sulfonamides is 1. The van der Waals surface area contributed by atoms with Gasteiger partial charge in [0.15, 0.2) is 0 Å². The number of aromatic nitrogens is 1. The smallest absolute Gasteiger partial charge is 0.406 e. The van der Waals surface area contributed by atoms with Crippen LogP contribution in [-0.2, 0) is 26.2 Å². The summed E-state index contributed by atoms with van der Waals surface area (Å²) in [5, 5.41) is 2.06. The van der Waals surface area contributed by atoms with Gasteiger partial charge in [0, 0.05) is 18.4 Å². The van der Waals surface area contributed by atoms with Crippen molar-refractivity contribution in [3.05, 3.63) is 103 Å². The summed E-state index contributed by atoms with van der Waals surface area (Å²) in [6.45, 7) is 1.32. The number of imide groups is 2. The fraction of sp³-hybridized carbons (Fsp3) is 0.182. The van der Waals surface area contributed by atoms with Crippen molar-refractivity contribution in [2.45, 2.75) is 37.1 Å². The molecule has 6 amide bonds. The molecule has 1 unspecified atom stereocenters. The molecule has 21 heteroatoms. The average Bonchev–Trinajstić information content (AvgIpc) is 3.54. The number of pyridine rings is 1. The van der Waals surface area contributed by atoms with Crippen LogP contribution in [0, 0.1) is 0 Å². The van der Waals surface area contributed by atoms with Crippen LogP contribution < -0.4 is 29.3 Å². The predicted octanol–water partition coefficient (Wildman–Crippen LogP) is 5.78. The Morgan fingerprint density at radius 3 is 1.89 bits per heavy atom. The second-order valence-electron chi connectivity index (χ2n) is 11.3. The number of benzene rings is 3. The number of ether oxygens (including phenoxy) is 2. The van der Waals surface area contributed by atoms with Crippen LogP contribution in [0.1, 0.15) is 12.5 Å². The minimum absolute atomic E-state index is 0.0269. The largest absolute Gasteiger partial charge is 0.573 e. The molecule has 3 heterocycles. The van der Waals surface area contributed by atoms with Gasteiger partial charge in [0.2, 0.25) is 5.91 Å². The summed E-state index contributed by atoms with van der Waals surface area (Å²) < 4.78 is 108. The highest BCUT2D eigenvalue weighted by Gasteiger charge is 2.43. The van der Waals surface area contributed by atoms with E-state index >= 15 is 0 Å². The Morgan fingerprint density at radius 1 is 0.815 bits per heavy atom. The van der Waals surface area contributed by atoms with Crippen LogP contribution in [-0.4, -0.2) is 67.5 Å². The molecule has 2 saturated heterocycles. The van der Waals surface area contributed by atoms with Gasteiger partial charge in [-0.05, 0) is 85.3 Å². The van der Waals surface area contributed by atoms with Gasteiger partial charge in [-0.15, -0.1) is 26.3 Å². The van der Waals surface area contributed by atoms with Gasteiger partial charge in [0.25, 0.3) is 15.9 Å². The molecule has 0 bridgehead atoms. The summed E-state index contributed by atoms with van der Waals surface area (Å²) in [4.78, 5) is 55.3. The molecule has 0 radical (unpaired) electrons. The number of urea groups is 2. The summed E-state index contributed by atoms with van der Waals surface area (Å²) in [5.74, 6) is -1.88. The standard InChI is InChI=1S/C23H19F3N4O5S.C10H7F3N2O3/c1-15-21(31)30(17-7-9-18(10-8-17)35-23(24,25)26)22(32)29(15)14-16-11-12-27-20(13-16)28-36(33,34)19-5-3-2-4-6-19;11-10(12,13)18-7-3-1-6(2-4-7)15-5-8(16)14-9(15)17/h2-13,15H,14H2,1H3,(H,27,28);1-4H,5H2,(H,14,16,17). The molecule has 0 saturated carbocycles. The third kappa shape index (κ3) is 9.73. The van der Waals surface area contributed by atoms with Crippen LogP contribution in [0.2, 0.25) is 0 Å². The van der Waals surface area contributed by atoms with Gasteiger partial charge in [-0.1, -0.05) is 18.2 Å². The van der Waals surface area contributed by atoms with Crippen molar-refractivity contribution in [3.8, 4) is 11.5 Å². The van der Waals surface area contributed by atoms with Crippen LogP contribution in [0.4, 0.5) is 53.1 Å². The molecule has 14 nitrogen and oxygen atoms in total. The number of alkyl halides is 6. The van der Waals surface area contributed by atoms with E-state index in [0.29, 0.717) is 11.3 Å². The number of hydrogen-bond donors (Lipinski definition) is 2. The fourth-order valence-corrected chi connectivity index (χ4v) is 6.07. The van der Waals surface area contributed by atoms with Gasteiger partial charge in [0.05, 0.1) is 10.6 Å². The van der Waals surface area contributed by atoms with Crippen molar-refractivity contribution in [2.75, 3.05) is 21.1 Å². The molecular weight excluding hydrogens is 754 g/mol. The Labute approximate surface area is 301 Å². The third-order valence-corrected chi connectivity index (χ3v) is 8.83. The summed E-state index contributed by atoms with van der Waals surface area (Å²) in [5.41, 5.74) is 0.896. The maximum Gasteiger partial charge on any atom is 0.573 e. The highest BCUT2D eigenvalue weighted by atomic mass is 32.2. The number of carbonyl (C=O) groups excluding carboxylic acids is 4. The molecule has 3 aromatic carbocycles. The van der Waals surface area contributed by atoms with E-state index in [9.17, 15) is 53.9 Å². The monoisotopic (exact) mass is 780 g/mol. The van der Waals surface area contributed by atoms with Crippen LogP contribution in [0.15, 0.2) is 102 Å². The van der Waals surface area contributed by atoms with E-state index in [1.54, 1.807) is 24.3 Å². The molecule has 284 valence electrons. The zero-order valence-electron chi connectivity index (χ0n) is 27.5. The summed E-state index contributed by atoms with van der Waals surface area (Å²) >= 11 is 0. The van der Waals surface area contributed by atoms with E-state index in [4.69, 9.17) is 0 Å². The zero-order valence-corrected chi connectivity index (χ0v) is 28.3. The van der Waals surface area contributed by atoms with Crippen molar-refractivity contribution < 1.29 is 63.4 Å². The molecule has 2 N–H and O–H groups in total. The maximum absolute atomic E-state index is 13.0. The second kappa shape index (κ2) is 15.3. The first-order valence-electron chi connectivity index (χ1n) is 15.3. The van der Waals surface area contributed by atoms with Crippen LogP contribution in [0.5, 0.6) is 11.5 Å². The normalized spacial score (nSPS) is 16.2. The molecule has 1 atom stereocenters. The molecule has 2 aliphatic heterocycles. The first-order valence-corrected chi connectivity index (χ1v) is 16.8. The molecule has 2 aliphatic rings. The van der Waals surface area contributed by atoms with Gasteiger partial charge < -0.3 is 14.4 Å². The Balaban J connectivity index is 0.000000260. The first kappa shape index (κ1) is 38.8. The molecule has 4 aromatic rings. The number of halogens is 6. The molecule has 2 fully saturated rings. The van der Waals surface area contributed by atoms with E-state index in [1.165, 1.54) is 60.5 Å². The number of anilines is 3. The third-order valence-electron chi connectivity index (χ3n) is 7.46. The van der Waals surface area contributed by atoms with Crippen molar-refractivity contribution in [1.82, 2.24) is 15.2 Å². The molecular formula is C33H26F6N6O8S. The van der Waals surface area contributed by atoms with E-state index in [0.717, 1.165) is 34.1 Å². The molecule has 0 spiro atoms. The predicted molar refractivity (Wildman–Crippen MR) is 177 cm³/mol. The van der Waals surface area contributed by atoms with Crippen LogP contribution in [0.3, 0.4) is 0 Å². The fourth-order valence-electron chi connectivity index (χ4n) is 5.05.